The molecule has 1 aliphatic carbocycles. The van der Waals surface area contributed by atoms with Crippen LogP contribution in [0, 0.1) is 6.92 Å². The smallest absolute Gasteiger partial charge is 0.245 e. The fourth-order valence-electron chi connectivity index (χ4n) is 3.14. The Morgan fingerprint density at radius 3 is 2.42 bits per heavy atom. The molecule has 24 heavy (non-hydrogen) atoms. The number of carbonyl (C=O) groups is 1. The molecule has 0 bridgehead atoms. The maximum absolute atomic E-state index is 13.4. The van der Waals surface area contributed by atoms with Crippen LogP contribution in [0.2, 0.25) is 0 Å². The van der Waals surface area contributed by atoms with Crippen LogP contribution in [0.15, 0.2) is 48.8 Å². The Labute approximate surface area is 144 Å². The zero-order chi connectivity index (χ0) is 17.1. The summed E-state index contributed by atoms with van der Waals surface area (Å²) in [4.78, 5) is 21.5. The van der Waals surface area contributed by atoms with E-state index >= 15 is 0 Å². The van der Waals surface area contributed by atoms with Crippen LogP contribution < -0.4 is 0 Å². The van der Waals surface area contributed by atoms with Crippen molar-refractivity contribution in [1.29, 1.82) is 0 Å². The normalized spacial score (nSPS) is 15.3. The van der Waals surface area contributed by atoms with Gasteiger partial charge in [-0.1, -0.05) is 24.3 Å². The summed E-state index contributed by atoms with van der Waals surface area (Å²) in [7, 11) is 3.96. The molecule has 0 spiro atoms. The predicted octanol–water partition coefficient (Wildman–Crippen LogP) is 3.18. The molecule has 1 heterocycles. The second kappa shape index (κ2) is 7.14. The molecule has 1 saturated carbocycles. The molecule has 0 radical (unpaired) electrons. The lowest BCUT2D eigenvalue weighted by Gasteiger charge is -2.32. The molecule has 0 N–H and O–H groups in total. The fourth-order valence-corrected chi connectivity index (χ4v) is 3.14. The first kappa shape index (κ1) is 16.7. The zero-order valence-corrected chi connectivity index (χ0v) is 14.6. The van der Waals surface area contributed by atoms with Gasteiger partial charge in [0, 0.05) is 25.0 Å². The number of pyridine rings is 1. The third-order valence-electron chi connectivity index (χ3n) is 4.61. The van der Waals surface area contributed by atoms with Crippen LogP contribution in [-0.2, 0) is 11.3 Å². The summed E-state index contributed by atoms with van der Waals surface area (Å²) < 4.78 is 0. The highest BCUT2D eigenvalue weighted by molar-refractivity contribution is 5.84. The fraction of sp³-hybridized carbons (Fsp3) is 0.400. The Bertz CT molecular complexity index is 695. The monoisotopic (exact) mass is 323 g/mol. The third-order valence-corrected chi connectivity index (χ3v) is 4.61. The lowest BCUT2D eigenvalue weighted by molar-refractivity contribution is -0.137. The minimum absolute atomic E-state index is 0.189. The molecule has 1 amide bonds. The highest BCUT2D eigenvalue weighted by Crippen LogP contribution is 2.33. The van der Waals surface area contributed by atoms with Crippen LogP contribution in [-0.4, -0.2) is 40.8 Å². The van der Waals surface area contributed by atoms with Crippen molar-refractivity contribution in [3.8, 4) is 0 Å². The molecular weight excluding hydrogens is 298 g/mol. The first-order chi connectivity index (χ1) is 11.6. The molecule has 4 heteroatoms. The van der Waals surface area contributed by atoms with Crippen molar-refractivity contribution in [1.82, 2.24) is 14.8 Å². The van der Waals surface area contributed by atoms with Crippen molar-refractivity contribution in [2.24, 2.45) is 0 Å². The number of benzene rings is 1. The first-order valence-corrected chi connectivity index (χ1v) is 8.49. The average molecular weight is 323 g/mol. The van der Waals surface area contributed by atoms with E-state index in [1.807, 2.05) is 48.2 Å². The van der Waals surface area contributed by atoms with Crippen LogP contribution in [0.1, 0.15) is 35.6 Å². The largest absolute Gasteiger partial charge is 0.334 e. The van der Waals surface area contributed by atoms with Crippen LogP contribution >= 0.6 is 0 Å². The quantitative estimate of drug-likeness (QED) is 0.819. The number of nitrogens with zero attached hydrogens (tertiary/aromatic N) is 3. The standard InChI is InChI=1S/C20H25N3O/c1-15-6-4-5-7-18(15)19(22(2)3)20(24)23(17-8-9-17)14-16-10-12-21-13-11-16/h4-7,10-13,17,19H,8-9,14H2,1-3H3. The van der Waals surface area contributed by atoms with Crippen molar-refractivity contribution >= 4 is 5.91 Å². The van der Waals surface area contributed by atoms with Crippen LogP contribution in [0.4, 0.5) is 0 Å². The van der Waals surface area contributed by atoms with Crippen molar-refractivity contribution in [3.63, 3.8) is 0 Å². The van der Waals surface area contributed by atoms with Gasteiger partial charge < -0.3 is 4.90 Å². The molecule has 4 nitrogen and oxygen atoms in total. The highest BCUT2D eigenvalue weighted by Gasteiger charge is 2.37. The van der Waals surface area contributed by atoms with Gasteiger partial charge in [-0.3, -0.25) is 14.7 Å². The first-order valence-electron chi connectivity index (χ1n) is 8.49. The second-order valence-corrected chi connectivity index (χ2v) is 6.78. The Morgan fingerprint density at radius 2 is 1.83 bits per heavy atom. The molecule has 1 aliphatic rings. The van der Waals surface area contributed by atoms with E-state index in [0.29, 0.717) is 12.6 Å². The van der Waals surface area contributed by atoms with E-state index in [9.17, 15) is 4.79 Å². The molecule has 1 atom stereocenters. The predicted molar refractivity (Wildman–Crippen MR) is 95.4 cm³/mol. The molecule has 0 saturated heterocycles. The summed E-state index contributed by atoms with van der Waals surface area (Å²) >= 11 is 0. The number of carbonyl (C=O) groups excluding carboxylic acids is 1. The van der Waals surface area contributed by atoms with Gasteiger partial charge in [0.1, 0.15) is 6.04 Å². The van der Waals surface area contributed by atoms with E-state index < -0.39 is 0 Å². The van der Waals surface area contributed by atoms with Gasteiger partial charge in [-0.05, 0) is 62.7 Å². The molecule has 0 aliphatic heterocycles. The third kappa shape index (κ3) is 3.65. The number of hydrogen-bond acceptors (Lipinski definition) is 3. The van der Waals surface area contributed by atoms with Gasteiger partial charge in [-0.2, -0.15) is 0 Å². The Balaban J connectivity index is 1.88. The Morgan fingerprint density at radius 1 is 1.17 bits per heavy atom. The average Bonchev–Trinajstić information content (AvgIpc) is 3.40. The van der Waals surface area contributed by atoms with E-state index in [0.717, 1.165) is 29.5 Å². The summed E-state index contributed by atoms with van der Waals surface area (Å²) in [5.74, 6) is 0.189. The van der Waals surface area contributed by atoms with Gasteiger partial charge in [0.05, 0.1) is 0 Å². The van der Waals surface area contributed by atoms with Crippen molar-refractivity contribution in [3.05, 3.63) is 65.5 Å². The molecule has 1 unspecified atom stereocenters. The number of aryl methyl sites for hydroxylation is 1. The van der Waals surface area contributed by atoms with Crippen molar-refractivity contribution < 1.29 is 4.79 Å². The summed E-state index contributed by atoms with van der Waals surface area (Å²) in [6, 6.07) is 12.3. The van der Waals surface area contributed by atoms with Gasteiger partial charge in [0.15, 0.2) is 0 Å². The van der Waals surface area contributed by atoms with Gasteiger partial charge >= 0.3 is 0 Å². The lowest BCUT2D eigenvalue weighted by atomic mass is 9.99. The summed E-state index contributed by atoms with van der Waals surface area (Å²) in [6.07, 6.45) is 5.78. The number of rotatable bonds is 6. The molecule has 1 fully saturated rings. The lowest BCUT2D eigenvalue weighted by Crippen LogP contribution is -2.41. The maximum Gasteiger partial charge on any atom is 0.245 e. The van der Waals surface area contributed by atoms with Crippen LogP contribution in [0.25, 0.3) is 0 Å². The molecule has 1 aromatic carbocycles. The van der Waals surface area contributed by atoms with Crippen molar-refractivity contribution in [2.45, 2.75) is 38.4 Å². The summed E-state index contributed by atoms with van der Waals surface area (Å²) in [5, 5.41) is 0. The van der Waals surface area contributed by atoms with Gasteiger partial charge in [-0.25, -0.2) is 0 Å². The summed E-state index contributed by atoms with van der Waals surface area (Å²) in [6.45, 7) is 2.73. The van der Waals surface area contributed by atoms with E-state index in [4.69, 9.17) is 0 Å². The minimum atomic E-state index is -0.242. The molecule has 1 aromatic heterocycles. The number of aromatic nitrogens is 1. The molecule has 126 valence electrons. The van der Waals surface area contributed by atoms with E-state index in [1.165, 1.54) is 0 Å². The minimum Gasteiger partial charge on any atom is -0.334 e. The van der Waals surface area contributed by atoms with Crippen LogP contribution in [0.5, 0.6) is 0 Å². The Hall–Kier alpha value is -2.20. The van der Waals surface area contributed by atoms with Gasteiger partial charge in [-0.15, -0.1) is 0 Å². The van der Waals surface area contributed by atoms with Crippen LogP contribution in [0.3, 0.4) is 0 Å². The number of likely N-dealkylation sites (N-methyl/N-ethyl adjacent to an activating group) is 1. The van der Waals surface area contributed by atoms with Crippen molar-refractivity contribution in [2.75, 3.05) is 14.1 Å². The van der Waals surface area contributed by atoms with E-state index in [-0.39, 0.29) is 11.9 Å². The summed E-state index contributed by atoms with van der Waals surface area (Å²) in [5.41, 5.74) is 3.38. The zero-order valence-electron chi connectivity index (χ0n) is 14.6. The second-order valence-electron chi connectivity index (χ2n) is 6.78. The number of hydrogen-bond donors (Lipinski definition) is 0. The number of amides is 1. The van der Waals surface area contributed by atoms with E-state index in [1.54, 1.807) is 12.4 Å². The van der Waals surface area contributed by atoms with E-state index in [2.05, 4.69) is 24.0 Å². The van der Waals surface area contributed by atoms with Gasteiger partial charge in [0.25, 0.3) is 0 Å². The Kier molecular flexibility index (Phi) is 4.95. The molecular formula is C20H25N3O. The molecule has 3 rings (SSSR count). The SMILES string of the molecule is Cc1ccccc1C(C(=O)N(Cc1ccncc1)C1CC1)N(C)C. The molecule has 2 aromatic rings. The highest BCUT2D eigenvalue weighted by atomic mass is 16.2. The van der Waals surface area contributed by atoms with Gasteiger partial charge in [0.2, 0.25) is 5.91 Å². The topological polar surface area (TPSA) is 36.4 Å². The maximum atomic E-state index is 13.4.